The summed E-state index contributed by atoms with van der Waals surface area (Å²) < 4.78 is 48.3. The van der Waals surface area contributed by atoms with Crippen molar-refractivity contribution in [3.8, 4) is 0 Å². The third-order valence-corrected chi connectivity index (χ3v) is 5.58. The smallest absolute Gasteiger partial charge is 0.445 e. The highest BCUT2D eigenvalue weighted by Crippen LogP contribution is 2.24. The highest BCUT2D eigenvalue weighted by Gasteiger charge is 2.38. The van der Waals surface area contributed by atoms with E-state index in [0.717, 1.165) is 5.56 Å². The molecule has 0 saturated heterocycles. The molecule has 2 amide bonds. The number of aliphatic imine (C=N–C) groups is 1. The summed E-state index contributed by atoms with van der Waals surface area (Å²) in [6.45, 7) is 4.64. The lowest BCUT2D eigenvalue weighted by Crippen LogP contribution is -2.45. The molecule has 0 saturated carbocycles. The number of alkyl carbamates (subject to hydrolysis) is 1. The van der Waals surface area contributed by atoms with E-state index >= 15 is 0 Å². The van der Waals surface area contributed by atoms with Crippen molar-refractivity contribution in [3.63, 3.8) is 0 Å². The fraction of sp³-hybridized carbons (Fsp3) is 0.321. The minimum Gasteiger partial charge on any atom is -0.445 e. The zero-order chi connectivity index (χ0) is 29.5. The van der Waals surface area contributed by atoms with E-state index < -0.39 is 41.4 Å². The Bertz CT molecular complexity index is 1330. The van der Waals surface area contributed by atoms with Crippen molar-refractivity contribution in [2.45, 2.75) is 52.4 Å². The van der Waals surface area contributed by atoms with E-state index in [2.05, 4.69) is 10.3 Å². The second-order valence-electron chi connectivity index (χ2n) is 10.0. The summed E-state index contributed by atoms with van der Waals surface area (Å²) in [5.74, 6) is -4.23. The number of esters is 1. The van der Waals surface area contributed by atoms with Gasteiger partial charge in [0.15, 0.2) is 0 Å². The van der Waals surface area contributed by atoms with Crippen LogP contribution in [0.2, 0.25) is 0 Å². The first-order chi connectivity index (χ1) is 18.7. The van der Waals surface area contributed by atoms with Crippen LogP contribution in [0.4, 0.5) is 23.7 Å². The maximum absolute atomic E-state index is 12.6. The van der Waals surface area contributed by atoms with Crippen LogP contribution >= 0.6 is 0 Å². The average Bonchev–Trinajstić information content (AvgIpc) is 2.88. The van der Waals surface area contributed by atoms with Gasteiger partial charge < -0.3 is 20.1 Å². The van der Waals surface area contributed by atoms with Gasteiger partial charge in [-0.2, -0.15) is 13.2 Å². The third kappa shape index (κ3) is 8.79. The van der Waals surface area contributed by atoms with Crippen LogP contribution in [0.15, 0.2) is 71.4 Å². The number of Topliss-reactive ketones (excluding diaryl/α,β-unsaturated/α-hetero) is 1. The minimum absolute atomic E-state index is 0.0205. The Balaban J connectivity index is 1.75. The summed E-state index contributed by atoms with van der Waals surface area (Å²) in [7, 11) is 0. The summed E-state index contributed by atoms with van der Waals surface area (Å²) in [5, 5.41) is 4.39. The molecule has 12 heteroatoms. The Kier molecular flexibility index (Phi) is 9.46. The lowest BCUT2D eigenvalue weighted by Gasteiger charge is -2.25. The molecule has 0 fully saturated rings. The molecule has 0 radical (unpaired) electrons. The Labute approximate surface area is 228 Å². The molecule has 0 spiro atoms. The van der Waals surface area contributed by atoms with Crippen molar-refractivity contribution in [2.24, 2.45) is 10.4 Å². The van der Waals surface area contributed by atoms with Gasteiger partial charge >= 0.3 is 24.1 Å². The minimum atomic E-state index is -5.03. The van der Waals surface area contributed by atoms with E-state index in [9.17, 15) is 32.3 Å². The van der Waals surface area contributed by atoms with Gasteiger partial charge in [-0.3, -0.25) is 9.59 Å². The number of anilines is 1. The van der Waals surface area contributed by atoms with Gasteiger partial charge in [-0.15, -0.1) is 0 Å². The molecule has 0 aliphatic carbocycles. The number of hydrogen-bond donors (Lipinski definition) is 2. The lowest BCUT2D eigenvalue weighted by molar-refractivity contribution is -0.167. The van der Waals surface area contributed by atoms with Gasteiger partial charge in [-0.1, -0.05) is 63.2 Å². The van der Waals surface area contributed by atoms with Crippen LogP contribution in [0.25, 0.3) is 0 Å². The second kappa shape index (κ2) is 12.6. The van der Waals surface area contributed by atoms with Crippen molar-refractivity contribution in [3.05, 3.63) is 77.5 Å². The van der Waals surface area contributed by atoms with Gasteiger partial charge in [0.1, 0.15) is 12.6 Å². The fourth-order valence-corrected chi connectivity index (χ4v) is 3.55. The van der Waals surface area contributed by atoms with Gasteiger partial charge in [0.25, 0.3) is 0 Å². The van der Waals surface area contributed by atoms with E-state index in [1.807, 2.05) is 6.07 Å². The molecular weight excluding hydrogens is 531 g/mol. The van der Waals surface area contributed by atoms with E-state index in [4.69, 9.17) is 9.47 Å². The molecule has 0 aromatic heterocycles. The molecule has 1 unspecified atom stereocenters. The van der Waals surface area contributed by atoms with Crippen LogP contribution in [0, 0.1) is 5.41 Å². The predicted octanol–water partition coefficient (Wildman–Crippen LogP) is 4.87. The standard InChI is InChI=1S/C28H28F3N3O6/c1-27(2,3)22(35)24(36)40-23-21(34-26(38)39-16-17-8-5-4-6-9-17)14-19(15-32-23)12-18-10-7-11-20(13-18)33-25(37)28(29,30)31/h4-11,13,15,21H,12,14,16H2,1-3H3,(H,33,37)(H,34,38). The fourth-order valence-electron chi connectivity index (χ4n) is 3.55. The molecule has 1 heterocycles. The van der Waals surface area contributed by atoms with Gasteiger partial charge in [0, 0.05) is 17.3 Å². The Morgan fingerprint density at radius 3 is 2.30 bits per heavy atom. The number of carbonyl (C=O) groups excluding carboxylic acids is 4. The number of amides is 2. The zero-order valence-corrected chi connectivity index (χ0v) is 22.0. The number of nitrogens with zero attached hydrogens (tertiary/aromatic N) is 1. The van der Waals surface area contributed by atoms with Crippen LogP contribution < -0.4 is 10.6 Å². The monoisotopic (exact) mass is 559 g/mol. The second-order valence-corrected chi connectivity index (χ2v) is 10.0. The number of ether oxygens (including phenoxy) is 2. The number of halogens is 3. The molecule has 1 aliphatic rings. The van der Waals surface area contributed by atoms with Gasteiger partial charge in [0.2, 0.25) is 11.7 Å². The van der Waals surface area contributed by atoms with Crippen LogP contribution in [-0.4, -0.2) is 41.9 Å². The van der Waals surface area contributed by atoms with Crippen molar-refractivity contribution < 1.29 is 41.8 Å². The zero-order valence-electron chi connectivity index (χ0n) is 22.0. The molecule has 2 aromatic rings. The SMILES string of the molecule is CC(C)(C)C(=O)C(=O)OC1=NC=C(Cc2cccc(NC(=O)C(F)(F)F)c2)CC1NC(=O)OCc1ccccc1. The predicted molar refractivity (Wildman–Crippen MR) is 139 cm³/mol. The number of alkyl halides is 3. The number of benzene rings is 2. The van der Waals surface area contributed by atoms with Crippen molar-refractivity contribution in [1.82, 2.24) is 5.32 Å². The summed E-state index contributed by atoms with van der Waals surface area (Å²) in [6.07, 6.45) is -4.18. The summed E-state index contributed by atoms with van der Waals surface area (Å²) in [5.41, 5.74) is 0.867. The van der Waals surface area contributed by atoms with E-state index in [1.165, 1.54) is 24.4 Å². The largest absolute Gasteiger partial charge is 0.471 e. The van der Waals surface area contributed by atoms with Crippen LogP contribution in [0.5, 0.6) is 0 Å². The van der Waals surface area contributed by atoms with Gasteiger partial charge in [0.05, 0.1) is 0 Å². The van der Waals surface area contributed by atoms with Crippen LogP contribution in [-0.2, 0) is 36.9 Å². The molecule has 0 bridgehead atoms. The molecule has 2 N–H and O–H groups in total. The van der Waals surface area contributed by atoms with Crippen LogP contribution in [0.3, 0.4) is 0 Å². The number of ketones is 1. The topological polar surface area (TPSA) is 123 Å². The normalized spacial score (nSPS) is 15.3. The Hall–Kier alpha value is -4.48. The number of nitrogens with one attached hydrogen (secondary N) is 2. The first-order valence-corrected chi connectivity index (χ1v) is 12.2. The number of rotatable bonds is 7. The summed E-state index contributed by atoms with van der Waals surface area (Å²) >= 11 is 0. The van der Waals surface area contributed by atoms with Gasteiger partial charge in [-0.05, 0) is 41.7 Å². The molecule has 3 rings (SSSR count). The molecule has 1 atom stereocenters. The molecule has 1 aliphatic heterocycles. The third-order valence-electron chi connectivity index (χ3n) is 5.58. The van der Waals surface area contributed by atoms with Gasteiger partial charge in [-0.25, -0.2) is 14.6 Å². The number of hydrogen-bond acceptors (Lipinski definition) is 7. The quantitative estimate of drug-likeness (QED) is 0.369. The van der Waals surface area contributed by atoms with Crippen molar-refractivity contribution >= 4 is 35.3 Å². The maximum atomic E-state index is 12.6. The van der Waals surface area contributed by atoms with E-state index in [1.54, 1.807) is 56.4 Å². The van der Waals surface area contributed by atoms with E-state index in [0.29, 0.717) is 11.1 Å². The lowest BCUT2D eigenvalue weighted by atomic mass is 9.91. The van der Waals surface area contributed by atoms with Crippen LogP contribution in [0.1, 0.15) is 38.3 Å². The molecule has 2 aromatic carbocycles. The highest BCUT2D eigenvalue weighted by atomic mass is 19.4. The average molecular weight is 560 g/mol. The Morgan fingerprint density at radius 2 is 1.65 bits per heavy atom. The maximum Gasteiger partial charge on any atom is 0.471 e. The van der Waals surface area contributed by atoms with E-state index in [-0.39, 0.29) is 31.0 Å². The summed E-state index contributed by atoms with van der Waals surface area (Å²) in [6, 6.07) is 13.8. The molecular formula is C28H28F3N3O6. The molecule has 9 nitrogen and oxygen atoms in total. The molecule has 40 heavy (non-hydrogen) atoms. The van der Waals surface area contributed by atoms with Crippen molar-refractivity contribution in [2.75, 3.05) is 5.32 Å². The first kappa shape index (κ1) is 30.1. The molecule has 212 valence electrons. The first-order valence-electron chi connectivity index (χ1n) is 12.2. The number of carbonyl (C=O) groups is 4. The highest BCUT2D eigenvalue weighted by molar-refractivity contribution is 6.37. The summed E-state index contributed by atoms with van der Waals surface area (Å²) in [4.78, 5) is 52.8. The Morgan fingerprint density at radius 1 is 0.975 bits per heavy atom. The van der Waals surface area contributed by atoms with Crippen molar-refractivity contribution in [1.29, 1.82) is 0 Å².